The van der Waals surface area contributed by atoms with Gasteiger partial charge in [-0.15, -0.1) is 0 Å². The fourth-order valence-electron chi connectivity index (χ4n) is 1.63. The minimum Gasteiger partial charge on any atom is -0.480 e. The summed E-state index contributed by atoms with van der Waals surface area (Å²) in [5.41, 5.74) is 0.312. The molecule has 0 saturated carbocycles. The Labute approximate surface area is 128 Å². The first-order chi connectivity index (χ1) is 9.79. The maximum atomic E-state index is 11.8. The van der Waals surface area contributed by atoms with Crippen LogP contribution in [0.3, 0.4) is 0 Å². The minimum atomic E-state index is -1.18. The number of benzene rings is 1. The molecular weight excluding hydrogens is 344 g/mol. The molecule has 0 aliphatic carbocycles. The van der Waals surface area contributed by atoms with Crippen LogP contribution < -0.4 is 5.32 Å². The molecule has 0 bridgehead atoms. The van der Waals surface area contributed by atoms with Crippen LogP contribution in [0.15, 0.2) is 35.3 Å². The molecule has 0 fully saturated rings. The molecule has 21 heavy (non-hydrogen) atoms. The van der Waals surface area contributed by atoms with E-state index in [1.54, 1.807) is 6.07 Å². The molecule has 1 amide bonds. The third-order valence-corrected chi connectivity index (χ3v) is 2.87. The van der Waals surface area contributed by atoms with Gasteiger partial charge in [0.1, 0.15) is 6.04 Å². The number of non-ortho nitro benzene ring substituents is 1. The van der Waals surface area contributed by atoms with E-state index in [1.807, 2.05) is 0 Å². The van der Waals surface area contributed by atoms with E-state index >= 15 is 0 Å². The van der Waals surface area contributed by atoms with Crippen molar-refractivity contribution in [2.75, 3.05) is 0 Å². The van der Waals surface area contributed by atoms with Crippen molar-refractivity contribution in [2.45, 2.75) is 18.9 Å². The van der Waals surface area contributed by atoms with E-state index in [0.717, 1.165) is 0 Å². The number of amides is 1. The number of hydrogen-bond donors (Lipinski definition) is 2. The van der Waals surface area contributed by atoms with Crippen molar-refractivity contribution in [2.24, 2.45) is 0 Å². The number of nitro benzene ring substituents is 1. The lowest BCUT2D eigenvalue weighted by molar-refractivity contribution is -0.384. The maximum absolute atomic E-state index is 11.8. The molecule has 7 nitrogen and oxygen atoms in total. The molecule has 0 unspecified atom stereocenters. The quantitative estimate of drug-likeness (QED) is 0.573. The van der Waals surface area contributed by atoms with E-state index < -0.39 is 22.8 Å². The normalized spacial score (nSPS) is 11.5. The Morgan fingerprint density at radius 1 is 1.48 bits per heavy atom. The van der Waals surface area contributed by atoms with Gasteiger partial charge in [-0.3, -0.25) is 14.9 Å². The van der Waals surface area contributed by atoms with Crippen molar-refractivity contribution in [3.63, 3.8) is 0 Å². The molecule has 0 spiro atoms. The summed E-state index contributed by atoms with van der Waals surface area (Å²) in [6.45, 7) is 3.53. The molecule has 1 aromatic rings. The van der Waals surface area contributed by atoms with Crippen LogP contribution in [-0.2, 0) is 16.0 Å². The summed E-state index contributed by atoms with van der Waals surface area (Å²) < 4.78 is 0.450. The molecule has 1 atom stereocenters. The molecule has 0 saturated heterocycles. The summed E-state index contributed by atoms with van der Waals surface area (Å²) in [7, 11) is 0. The van der Waals surface area contributed by atoms with Crippen LogP contribution in [0.5, 0.6) is 0 Å². The fourth-order valence-corrected chi connectivity index (χ4v) is 1.96. The van der Waals surface area contributed by atoms with Gasteiger partial charge in [0.25, 0.3) is 5.69 Å². The zero-order valence-corrected chi connectivity index (χ0v) is 12.5. The van der Waals surface area contributed by atoms with Crippen LogP contribution in [0.25, 0.3) is 0 Å². The Bertz CT molecular complexity index is 588. The number of nitrogens with one attached hydrogen (secondary N) is 1. The summed E-state index contributed by atoms with van der Waals surface area (Å²) in [4.78, 5) is 32.9. The average molecular weight is 357 g/mol. The van der Waals surface area contributed by atoms with Crippen LogP contribution in [-0.4, -0.2) is 27.9 Å². The molecule has 0 radical (unpaired) electrons. The van der Waals surface area contributed by atoms with Gasteiger partial charge in [-0.2, -0.15) is 0 Å². The Morgan fingerprint density at radius 2 is 2.14 bits per heavy atom. The standard InChI is InChI=1S/C13H13BrN2O5/c1-8(14)5-11(13(18)19)15-12(17)7-9-3-2-4-10(6-9)16(20)21/h2-4,6,11H,1,5,7H2,(H,15,17)(H,18,19)/t11-/m1/s1. The monoisotopic (exact) mass is 356 g/mol. The van der Waals surface area contributed by atoms with E-state index in [-0.39, 0.29) is 18.5 Å². The van der Waals surface area contributed by atoms with Gasteiger partial charge in [-0.25, -0.2) is 4.79 Å². The van der Waals surface area contributed by atoms with Gasteiger partial charge in [0.15, 0.2) is 0 Å². The van der Waals surface area contributed by atoms with Crippen molar-refractivity contribution in [3.8, 4) is 0 Å². The molecule has 2 N–H and O–H groups in total. The van der Waals surface area contributed by atoms with E-state index in [1.165, 1.54) is 18.2 Å². The lowest BCUT2D eigenvalue weighted by Gasteiger charge is -2.13. The molecular formula is C13H13BrN2O5. The summed E-state index contributed by atoms with van der Waals surface area (Å²) in [5, 5.41) is 22.0. The van der Waals surface area contributed by atoms with Crippen molar-refractivity contribution in [1.29, 1.82) is 0 Å². The SMILES string of the molecule is C=C(Br)C[C@@H](NC(=O)Cc1cccc([N+](=O)[O-])c1)C(=O)O. The number of carboxylic acid groups (broad SMARTS) is 1. The third kappa shape index (κ3) is 5.74. The molecule has 0 aromatic heterocycles. The van der Waals surface area contributed by atoms with E-state index in [4.69, 9.17) is 5.11 Å². The maximum Gasteiger partial charge on any atom is 0.326 e. The number of halogens is 1. The molecule has 0 aliphatic rings. The minimum absolute atomic E-state index is 0.0516. The van der Waals surface area contributed by atoms with E-state index in [9.17, 15) is 19.7 Å². The Kier molecular flexibility index (Phi) is 6.04. The predicted octanol–water partition coefficient (Wildman–Crippen LogP) is 2.01. The van der Waals surface area contributed by atoms with Gasteiger partial charge in [0.05, 0.1) is 11.3 Å². The molecule has 1 aromatic carbocycles. The van der Waals surface area contributed by atoms with Gasteiger partial charge in [-0.1, -0.05) is 34.6 Å². The second-order valence-corrected chi connectivity index (χ2v) is 5.40. The van der Waals surface area contributed by atoms with Crippen molar-refractivity contribution >= 4 is 33.5 Å². The summed E-state index contributed by atoms with van der Waals surface area (Å²) in [6, 6.07) is 4.53. The highest BCUT2D eigenvalue weighted by molar-refractivity contribution is 9.11. The topological polar surface area (TPSA) is 110 Å². The largest absolute Gasteiger partial charge is 0.480 e. The molecule has 0 aliphatic heterocycles. The molecule has 112 valence electrons. The highest BCUT2D eigenvalue weighted by atomic mass is 79.9. The number of carbonyl (C=O) groups excluding carboxylic acids is 1. The lowest BCUT2D eigenvalue weighted by atomic mass is 10.1. The number of nitro groups is 1. The third-order valence-electron chi connectivity index (χ3n) is 2.54. The highest BCUT2D eigenvalue weighted by Crippen LogP contribution is 2.14. The number of nitrogens with zero attached hydrogens (tertiary/aromatic N) is 1. The Morgan fingerprint density at radius 3 is 2.67 bits per heavy atom. The van der Waals surface area contributed by atoms with Crippen LogP contribution >= 0.6 is 15.9 Å². The number of rotatable bonds is 7. The molecule has 1 rings (SSSR count). The van der Waals surface area contributed by atoms with E-state index in [0.29, 0.717) is 10.0 Å². The number of aliphatic carboxylic acids is 1. The predicted molar refractivity (Wildman–Crippen MR) is 79.1 cm³/mol. The molecule has 8 heteroatoms. The summed E-state index contributed by atoms with van der Waals surface area (Å²) >= 11 is 3.04. The summed E-state index contributed by atoms with van der Waals surface area (Å²) in [5.74, 6) is -1.71. The smallest absolute Gasteiger partial charge is 0.326 e. The van der Waals surface area contributed by atoms with Crippen molar-refractivity contribution in [3.05, 3.63) is 51.0 Å². The second-order valence-electron chi connectivity index (χ2n) is 4.28. The lowest BCUT2D eigenvalue weighted by Crippen LogP contribution is -2.41. The number of hydrogen-bond acceptors (Lipinski definition) is 4. The highest BCUT2D eigenvalue weighted by Gasteiger charge is 2.20. The zero-order valence-electron chi connectivity index (χ0n) is 10.9. The Balaban J connectivity index is 2.72. The van der Waals surface area contributed by atoms with Crippen LogP contribution in [0, 0.1) is 10.1 Å². The van der Waals surface area contributed by atoms with Crippen molar-refractivity contribution in [1.82, 2.24) is 5.32 Å². The zero-order chi connectivity index (χ0) is 16.0. The second kappa shape index (κ2) is 7.53. The first-order valence-corrected chi connectivity index (χ1v) is 6.67. The van der Waals surface area contributed by atoms with E-state index in [2.05, 4.69) is 27.8 Å². The van der Waals surface area contributed by atoms with Crippen LogP contribution in [0.1, 0.15) is 12.0 Å². The van der Waals surface area contributed by atoms with Crippen LogP contribution in [0.2, 0.25) is 0 Å². The molecule has 0 heterocycles. The fraction of sp³-hybridized carbons (Fsp3) is 0.231. The van der Waals surface area contributed by atoms with Gasteiger partial charge in [-0.05, 0) is 10.0 Å². The van der Waals surface area contributed by atoms with Gasteiger partial charge in [0, 0.05) is 18.6 Å². The van der Waals surface area contributed by atoms with Crippen molar-refractivity contribution < 1.29 is 19.6 Å². The first kappa shape index (κ1) is 16.8. The first-order valence-electron chi connectivity index (χ1n) is 5.88. The van der Waals surface area contributed by atoms with Gasteiger partial charge < -0.3 is 10.4 Å². The number of carboxylic acids is 1. The Hall–Kier alpha value is -2.22. The van der Waals surface area contributed by atoms with Gasteiger partial charge >= 0.3 is 5.97 Å². The average Bonchev–Trinajstić information content (AvgIpc) is 2.37. The summed E-state index contributed by atoms with van der Waals surface area (Å²) in [6.07, 6.45) is -0.0871. The van der Waals surface area contributed by atoms with Gasteiger partial charge in [0.2, 0.25) is 5.91 Å². The van der Waals surface area contributed by atoms with Crippen LogP contribution in [0.4, 0.5) is 5.69 Å². The number of carbonyl (C=O) groups is 2.